The van der Waals surface area contributed by atoms with Crippen molar-refractivity contribution < 1.29 is 4.74 Å². The number of nitrogens with one attached hydrogen (secondary N) is 1. The molecule has 0 unspecified atom stereocenters. The van der Waals surface area contributed by atoms with E-state index in [9.17, 15) is 0 Å². The number of hydrogen-bond donors (Lipinski definition) is 1. The first-order valence-electron chi connectivity index (χ1n) is 5.62. The molecule has 0 aromatic heterocycles. The first-order chi connectivity index (χ1) is 8.01. The summed E-state index contributed by atoms with van der Waals surface area (Å²) in [4.78, 5) is 0. The Kier molecular flexibility index (Phi) is 5.77. The summed E-state index contributed by atoms with van der Waals surface area (Å²) in [6.45, 7) is 6.16. The zero-order chi connectivity index (χ0) is 12.9. The fourth-order valence-corrected chi connectivity index (χ4v) is 2.33. The Morgan fingerprint density at radius 3 is 2.65 bits per heavy atom. The molecule has 2 nitrogen and oxygen atoms in total. The molecule has 96 valence electrons. The highest BCUT2D eigenvalue weighted by molar-refractivity contribution is 9.10. The minimum atomic E-state index is 0.0703. The highest BCUT2D eigenvalue weighted by atomic mass is 79.9. The van der Waals surface area contributed by atoms with Crippen LogP contribution in [-0.4, -0.2) is 26.1 Å². The molecule has 1 aromatic carbocycles. The van der Waals surface area contributed by atoms with E-state index in [1.807, 2.05) is 6.07 Å². The maximum atomic E-state index is 5.65. The predicted octanol–water partition coefficient (Wildman–Crippen LogP) is 3.56. The molecule has 4 heteroatoms. The zero-order valence-corrected chi connectivity index (χ0v) is 12.9. The van der Waals surface area contributed by atoms with Gasteiger partial charge < -0.3 is 10.1 Å². The van der Waals surface area contributed by atoms with Gasteiger partial charge in [-0.15, -0.1) is 11.6 Å². The summed E-state index contributed by atoms with van der Waals surface area (Å²) in [5.74, 6) is 1.50. The number of methoxy groups -OCH3 is 1. The predicted molar refractivity (Wildman–Crippen MR) is 77.3 cm³/mol. The Bertz CT molecular complexity index is 368. The molecule has 0 radical (unpaired) electrons. The van der Waals surface area contributed by atoms with E-state index in [1.54, 1.807) is 7.11 Å². The lowest BCUT2D eigenvalue weighted by Crippen LogP contribution is -2.33. The van der Waals surface area contributed by atoms with Gasteiger partial charge in [-0.1, -0.05) is 19.9 Å². The van der Waals surface area contributed by atoms with Gasteiger partial charge in [-0.3, -0.25) is 0 Å². The van der Waals surface area contributed by atoms with Crippen LogP contribution in [0.25, 0.3) is 0 Å². The molecule has 0 heterocycles. The topological polar surface area (TPSA) is 21.3 Å². The fourth-order valence-electron chi connectivity index (χ4n) is 1.66. The third-order valence-corrected chi connectivity index (χ3v) is 3.58. The number of halogens is 2. The number of alkyl halides is 1. The van der Waals surface area contributed by atoms with Gasteiger partial charge in [0.1, 0.15) is 5.75 Å². The van der Waals surface area contributed by atoms with Crippen molar-refractivity contribution in [3.8, 4) is 5.75 Å². The van der Waals surface area contributed by atoms with Crippen molar-refractivity contribution in [1.29, 1.82) is 0 Å². The molecule has 0 aliphatic rings. The smallest absolute Gasteiger partial charge is 0.133 e. The van der Waals surface area contributed by atoms with Crippen molar-refractivity contribution in [2.45, 2.75) is 19.3 Å². The molecule has 0 saturated carbocycles. The van der Waals surface area contributed by atoms with E-state index < -0.39 is 0 Å². The summed E-state index contributed by atoms with van der Waals surface area (Å²) >= 11 is 9.17. The van der Waals surface area contributed by atoms with Crippen LogP contribution in [0.4, 0.5) is 0 Å². The summed E-state index contributed by atoms with van der Waals surface area (Å²) in [6.07, 6.45) is 0. The lowest BCUT2D eigenvalue weighted by molar-refractivity contribution is 0.410. The van der Waals surface area contributed by atoms with Crippen molar-refractivity contribution in [3.05, 3.63) is 28.2 Å². The summed E-state index contributed by atoms with van der Waals surface area (Å²) in [5.41, 5.74) is 1.34. The normalized spacial score (nSPS) is 11.6. The minimum Gasteiger partial charge on any atom is -0.496 e. The molecular formula is C13H19BrClNO. The molecule has 0 spiro atoms. The third kappa shape index (κ3) is 4.16. The van der Waals surface area contributed by atoms with E-state index in [1.165, 1.54) is 5.56 Å². The van der Waals surface area contributed by atoms with Crippen molar-refractivity contribution in [2.75, 3.05) is 26.1 Å². The van der Waals surface area contributed by atoms with Crippen LogP contribution in [0.1, 0.15) is 19.4 Å². The van der Waals surface area contributed by atoms with Crippen LogP contribution >= 0.6 is 27.5 Å². The molecule has 1 rings (SSSR count). The van der Waals surface area contributed by atoms with E-state index in [0.29, 0.717) is 5.88 Å². The molecule has 0 bridgehead atoms. The Morgan fingerprint density at radius 1 is 1.41 bits per heavy atom. The van der Waals surface area contributed by atoms with E-state index in [-0.39, 0.29) is 5.41 Å². The third-order valence-electron chi connectivity index (χ3n) is 2.77. The second-order valence-electron chi connectivity index (χ2n) is 4.60. The largest absolute Gasteiger partial charge is 0.496 e. The SMILES string of the molecule is COc1ccc(C(C)(C)CNCCCl)cc1Br. The summed E-state index contributed by atoms with van der Waals surface area (Å²) in [7, 11) is 1.67. The Morgan fingerprint density at radius 2 is 2.12 bits per heavy atom. The highest BCUT2D eigenvalue weighted by Gasteiger charge is 2.20. The van der Waals surface area contributed by atoms with Crippen LogP contribution in [-0.2, 0) is 5.41 Å². The van der Waals surface area contributed by atoms with Crippen molar-refractivity contribution >= 4 is 27.5 Å². The Balaban J connectivity index is 2.80. The molecule has 0 aliphatic carbocycles. The van der Waals surface area contributed by atoms with Gasteiger partial charge in [0.15, 0.2) is 0 Å². The van der Waals surface area contributed by atoms with Gasteiger partial charge in [-0.05, 0) is 33.6 Å². The molecule has 0 amide bonds. The van der Waals surface area contributed by atoms with Crippen LogP contribution in [0, 0.1) is 0 Å². The molecule has 1 N–H and O–H groups in total. The lowest BCUT2D eigenvalue weighted by Gasteiger charge is -2.26. The molecule has 0 saturated heterocycles. The quantitative estimate of drug-likeness (QED) is 0.639. The zero-order valence-electron chi connectivity index (χ0n) is 10.5. The van der Waals surface area contributed by atoms with Crippen LogP contribution < -0.4 is 10.1 Å². The summed E-state index contributed by atoms with van der Waals surface area (Å²) in [5, 5.41) is 3.34. The van der Waals surface area contributed by atoms with Gasteiger partial charge in [0, 0.05) is 24.4 Å². The van der Waals surface area contributed by atoms with E-state index in [0.717, 1.165) is 23.3 Å². The number of hydrogen-bond acceptors (Lipinski definition) is 2. The average molecular weight is 321 g/mol. The highest BCUT2D eigenvalue weighted by Crippen LogP contribution is 2.31. The average Bonchev–Trinajstić information content (AvgIpc) is 2.29. The van der Waals surface area contributed by atoms with Gasteiger partial charge >= 0.3 is 0 Å². The molecule has 17 heavy (non-hydrogen) atoms. The van der Waals surface area contributed by atoms with Crippen LogP contribution in [0.3, 0.4) is 0 Å². The standard InChI is InChI=1S/C13H19BrClNO/c1-13(2,9-16-7-6-15)10-4-5-12(17-3)11(14)8-10/h4-5,8,16H,6-7,9H2,1-3H3. The maximum Gasteiger partial charge on any atom is 0.133 e. The maximum absolute atomic E-state index is 5.65. The fraction of sp³-hybridized carbons (Fsp3) is 0.538. The van der Waals surface area contributed by atoms with Crippen LogP contribution in [0.2, 0.25) is 0 Å². The van der Waals surface area contributed by atoms with E-state index >= 15 is 0 Å². The second-order valence-corrected chi connectivity index (χ2v) is 5.83. The first-order valence-corrected chi connectivity index (χ1v) is 6.94. The van der Waals surface area contributed by atoms with Gasteiger partial charge in [0.25, 0.3) is 0 Å². The number of benzene rings is 1. The van der Waals surface area contributed by atoms with Crippen molar-refractivity contribution in [2.24, 2.45) is 0 Å². The number of ether oxygens (including phenoxy) is 1. The summed E-state index contributed by atoms with van der Waals surface area (Å²) in [6, 6.07) is 6.20. The first kappa shape index (κ1) is 14.8. The van der Waals surface area contributed by atoms with Gasteiger partial charge in [0.05, 0.1) is 11.6 Å². The van der Waals surface area contributed by atoms with Gasteiger partial charge in [-0.2, -0.15) is 0 Å². The molecule has 1 aromatic rings. The van der Waals surface area contributed by atoms with Crippen LogP contribution in [0.15, 0.2) is 22.7 Å². The van der Waals surface area contributed by atoms with Crippen molar-refractivity contribution in [1.82, 2.24) is 5.32 Å². The van der Waals surface area contributed by atoms with Gasteiger partial charge in [0.2, 0.25) is 0 Å². The Labute approximate surface area is 117 Å². The summed E-state index contributed by atoms with van der Waals surface area (Å²) < 4.78 is 6.22. The molecule has 0 aliphatic heterocycles. The van der Waals surface area contributed by atoms with E-state index in [4.69, 9.17) is 16.3 Å². The van der Waals surface area contributed by atoms with Crippen molar-refractivity contribution in [3.63, 3.8) is 0 Å². The molecule has 0 fully saturated rings. The molecule has 0 atom stereocenters. The Hall–Kier alpha value is -0.250. The molecular weight excluding hydrogens is 302 g/mol. The number of rotatable bonds is 6. The monoisotopic (exact) mass is 319 g/mol. The van der Waals surface area contributed by atoms with Gasteiger partial charge in [-0.25, -0.2) is 0 Å². The second kappa shape index (κ2) is 6.62. The minimum absolute atomic E-state index is 0.0703. The lowest BCUT2D eigenvalue weighted by atomic mass is 9.84. The van der Waals surface area contributed by atoms with E-state index in [2.05, 4.69) is 47.2 Å². The van der Waals surface area contributed by atoms with Crippen LogP contribution in [0.5, 0.6) is 5.75 Å².